The van der Waals surface area contributed by atoms with Gasteiger partial charge in [-0.3, -0.25) is 13.4 Å². The lowest BCUT2D eigenvalue weighted by atomic mass is 9.88. The number of pyridine rings is 1. The zero-order valence-electron chi connectivity index (χ0n) is 49.1. The van der Waals surface area contributed by atoms with Crippen molar-refractivity contribution in [1.29, 1.82) is 0 Å². The van der Waals surface area contributed by atoms with Gasteiger partial charge in [-0.2, -0.15) is 0 Å². The Hall–Kier alpha value is -11.5. The van der Waals surface area contributed by atoms with Gasteiger partial charge in [0, 0.05) is 55.5 Å². The molecule has 0 spiro atoms. The quantitative estimate of drug-likeness (QED) is 0.121. The van der Waals surface area contributed by atoms with Crippen LogP contribution in [0.15, 0.2) is 278 Å². The molecule has 7 heteroatoms. The molecule has 7 heterocycles. The van der Waals surface area contributed by atoms with E-state index < -0.39 is 0 Å². The fourth-order valence-electron chi connectivity index (χ4n) is 14.9. The molecular weight excluding hydrogens is 1080 g/mol. The van der Waals surface area contributed by atoms with Crippen molar-refractivity contribution in [2.45, 2.75) is 26.2 Å². The number of nitrogens with zero attached hydrogens (tertiary/aromatic N) is 6. The van der Waals surface area contributed by atoms with Crippen LogP contribution in [0.4, 0.5) is 0 Å². The summed E-state index contributed by atoms with van der Waals surface area (Å²) in [5.74, 6) is 0.852. The molecule has 0 aliphatic rings. The second-order valence-electron chi connectivity index (χ2n) is 24.9. The first-order valence-corrected chi connectivity index (χ1v) is 30.6. The molecule has 8 bridgehead atoms. The molecule has 12 aromatic carbocycles. The van der Waals surface area contributed by atoms with Crippen molar-refractivity contribution in [3.8, 4) is 5.82 Å². The normalized spacial score (nSPS) is 12.4. The van der Waals surface area contributed by atoms with Gasteiger partial charge in [0.15, 0.2) is 5.58 Å². The Bertz CT molecular complexity index is 6540. The zero-order chi connectivity index (χ0) is 58.8. The highest BCUT2D eigenvalue weighted by atomic mass is 16.3. The molecule has 19 rings (SSSR count). The first kappa shape index (κ1) is 49.7. The molecule has 89 heavy (non-hydrogen) atoms. The van der Waals surface area contributed by atoms with E-state index in [-0.39, 0.29) is 5.41 Å². The highest BCUT2D eigenvalue weighted by Gasteiger charge is 2.22. The number of para-hydroxylation sites is 6. The van der Waals surface area contributed by atoms with Gasteiger partial charge in [-0.15, -0.1) is 0 Å². The van der Waals surface area contributed by atoms with Crippen LogP contribution in [0.25, 0.3) is 169 Å². The average molecular weight is 1140 g/mol. The van der Waals surface area contributed by atoms with E-state index in [4.69, 9.17) is 9.40 Å². The van der Waals surface area contributed by atoms with Gasteiger partial charge in [0.2, 0.25) is 0 Å². The Kier molecular flexibility index (Phi) is 10.3. The predicted molar refractivity (Wildman–Crippen MR) is 371 cm³/mol. The number of benzene rings is 12. The van der Waals surface area contributed by atoms with Gasteiger partial charge in [0.1, 0.15) is 11.4 Å². The van der Waals surface area contributed by atoms with Crippen LogP contribution in [0.5, 0.6) is 0 Å². The molecule has 0 aliphatic carbocycles. The number of fused-ring (bicyclic) bond motifs is 27. The number of hydrogen-bond donors (Lipinski definition) is 0. The molecule has 0 atom stereocenters. The molecule has 0 unspecified atom stereocenters. The third-order valence-electron chi connectivity index (χ3n) is 18.9. The van der Waals surface area contributed by atoms with Crippen LogP contribution in [0.1, 0.15) is 26.3 Å². The minimum atomic E-state index is -0.0976. The van der Waals surface area contributed by atoms with E-state index in [9.17, 15) is 0 Å². The SMILES string of the molecule is CC(C)(C)c1ccnc(-n2c3ccccc3c3cc4c(cc32)oc2cccc(c2)n2[c-][n+]3c5c(cccc5c5ccccc5c5ccccc5c5cccc2c53)c2cccc(c2)n2c3ccccc3c3ccc(cc32)c2cccc3c5ccccc5n4c23)c1. The number of hydrogen-bond acceptors (Lipinski definition) is 2. The van der Waals surface area contributed by atoms with Crippen molar-refractivity contribution in [2.75, 3.05) is 0 Å². The topological polar surface area (TPSA) is 48.3 Å². The molecule has 7 aromatic heterocycles. The first-order chi connectivity index (χ1) is 43.8. The Morgan fingerprint density at radius 1 is 0.360 bits per heavy atom. The summed E-state index contributed by atoms with van der Waals surface area (Å²) in [4.78, 5) is 5.12. The van der Waals surface area contributed by atoms with Gasteiger partial charge in [0.05, 0.1) is 60.7 Å². The summed E-state index contributed by atoms with van der Waals surface area (Å²) in [7, 11) is 0. The van der Waals surface area contributed by atoms with E-state index in [1.165, 1.54) is 27.1 Å². The Morgan fingerprint density at radius 3 is 1.66 bits per heavy atom. The maximum absolute atomic E-state index is 7.68. The lowest BCUT2D eigenvalue weighted by Crippen LogP contribution is -2.19. The fourth-order valence-corrected chi connectivity index (χ4v) is 14.9. The van der Waals surface area contributed by atoms with Crippen molar-refractivity contribution in [2.24, 2.45) is 0 Å². The van der Waals surface area contributed by atoms with Crippen LogP contribution in [-0.2, 0) is 5.41 Å². The Labute approximate surface area is 509 Å². The van der Waals surface area contributed by atoms with Gasteiger partial charge >= 0.3 is 0 Å². The van der Waals surface area contributed by atoms with Gasteiger partial charge in [-0.25, -0.2) is 4.98 Å². The molecule has 0 saturated heterocycles. The highest BCUT2D eigenvalue weighted by molar-refractivity contribution is 6.23. The molecule has 0 aliphatic heterocycles. The number of aromatic nitrogens is 6. The number of imidazole rings is 1. The largest absolute Gasteiger partial charge is 0.456 e. The van der Waals surface area contributed by atoms with Crippen LogP contribution >= 0.6 is 0 Å². The van der Waals surface area contributed by atoms with Gasteiger partial charge in [0.25, 0.3) is 6.33 Å². The van der Waals surface area contributed by atoms with E-state index >= 15 is 0 Å². The third kappa shape index (κ3) is 7.21. The molecule has 0 fully saturated rings. The monoisotopic (exact) mass is 1140 g/mol. The fraction of sp³-hybridized carbons (Fsp3) is 0.0488. The Balaban J connectivity index is 1.09. The van der Waals surface area contributed by atoms with E-state index in [1.807, 2.05) is 6.20 Å². The van der Waals surface area contributed by atoms with Crippen molar-refractivity contribution in [1.82, 2.24) is 22.8 Å². The summed E-state index contributed by atoms with van der Waals surface area (Å²) in [5.41, 5.74) is 15.0. The maximum atomic E-state index is 7.68. The van der Waals surface area contributed by atoms with Crippen LogP contribution in [-0.4, -0.2) is 22.8 Å². The lowest BCUT2D eigenvalue weighted by molar-refractivity contribution is -0.483. The van der Waals surface area contributed by atoms with Crippen LogP contribution in [0.2, 0.25) is 0 Å². The van der Waals surface area contributed by atoms with E-state index in [2.05, 4.69) is 316 Å². The second-order valence-corrected chi connectivity index (χ2v) is 24.9. The summed E-state index contributed by atoms with van der Waals surface area (Å²) < 4.78 is 19.5. The van der Waals surface area contributed by atoms with Crippen LogP contribution < -0.4 is 4.40 Å². The van der Waals surface area contributed by atoms with Gasteiger partial charge < -0.3 is 13.2 Å². The number of rotatable bonds is 1. The highest BCUT2D eigenvalue weighted by Crippen LogP contribution is 2.41. The zero-order valence-corrected chi connectivity index (χ0v) is 49.1. The van der Waals surface area contributed by atoms with E-state index in [1.54, 1.807) is 0 Å². The molecule has 0 radical (unpaired) electrons. The van der Waals surface area contributed by atoms with Crippen molar-refractivity contribution >= 4 is 164 Å². The Morgan fingerprint density at radius 2 is 0.910 bits per heavy atom. The average Bonchev–Trinajstić information content (AvgIpc) is 1.64. The summed E-state index contributed by atoms with van der Waals surface area (Å²) in [6.45, 7) is 6.78. The predicted octanol–water partition coefficient (Wildman–Crippen LogP) is 20.9. The maximum Gasteiger partial charge on any atom is 0.269 e. The molecule has 0 saturated carbocycles. The summed E-state index contributed by atoms with van der Waals surface area (Å²) in [5, 5.41) is 18.2. The van der Waals surface area contributed by atoms with Gasteiger partial charge in [-0.05, 0) is 132 Å². The van der Waals surface area contributed by atoms with Crippen LogP contribution in [0, 0.1) is 6.33 Å². The molecule has 0 N–H and O–H groups in total. The standard InChI is InChI=1S/C82H54N6O/c1-82(2,3)52-41-42-83-78(45-52)87-71-36-12-10-29-64(71)69-47-76-77(48-75(69)87)89-55-22-15-20-53(46-55)84-49-85-79-56(30-16-32-66(79)60-25-6-4-23-58(60)59-24-5-7-26-61(59)67-34-18-38-73(84)81(67)85)50-19-14-21-54(43-50)86-70-35-11-8-27-62(70)65-40-39-51(44-74(65)86)57-31-17-33-68-63-28-9-13-37-72(63)88(76)80(57)68/h4-48H,1-3H3. The minimum Gasteiger partial charge on any atom is -0.456 e. The third-order valence-corrected chi connectivity index (χ3v) is 18.9. The minimum absolute atomic E-state index is 0.0976. The molecule has 19 aromatic rings. The first-order valence-electron chi connectivity index (χ1n) is 30.6. The smallest absolute Gasteiger partial charge is 0.269 e. The van der Waals surface area contributed by atoms with Crippen molar-refractivity contribution in [3.63, 3.8) is 0 Å². The van der Waals surface area contributed by atoms with E-state index in [0.717, 1.165) is 137 Å². The van der Waals surface area contributed by atoms with Crippen molar-refractivity contribution < 1.29 is 8.82 Å². The summed E-state index contributed by atoms with van der Waals surface area (Å²) in [6, 6.07) is 98.2. The van der Waals surface area contributed by atoms with Crippen LogP contribution in [0.3, 0.4) is 0 Å². The van der Waals surface area contributed by atoms with Crippen molar-refractivity contribution in [3.05, 3.63) is 285 Å². The lowest BCUT2D eigenvalue weighted by Gasteiger charge is -2.20. The molecular formula is C82H54N6O. The molecule has 0 amide bonds. The molecule has 418 valence electrons. The van der Waals surface area contributed by atoms with E-state index in [0.29, 0.717) is 11.2 Å². The summed E-state index contributed by atoms with van der Waals surface area (Å²) in [6.07, 6.45) is 6.02. The van der Waals surface area contributed by atoms with Gasteiger partial charge in [-0.1, -0.05) is 209 Å². The second kappa shape index (κ2) is 18.5. The molecule has 7 nitrogen and oxygen atoms in total. The summed E-state index contributed by atoms with van der Waals surface area (Å²) >= 11 is 0.